The molecule has 0 aliphatic rings. The Bertz CT molecular complexity index is 464. The molecule has 0 bridgehead atoms. The lowest BCUT2D eigenvalue weighted by molar-refractivity contribution is 0.0457. The van der Waals surface area contributed by atoms with Crippen LogP contribution in [0.4, 0.5) is 0 Å². The molecule has 0 saturated heterocycles. The van der Waals surface area contributed by atoms with Crippen LogP contribution in [-0.4, -0.2) is 34.0 Å². The standard InChI is InChI=1S/C11H16BrNO4S/c12-11-4-2-1-3-10(11)9-17-6-5-16-7-8-18(13,14)15/h1-4H,5-9H2,(H2,13,14,15). The molecule has 0 spiro atoms. The molecule has 18 heavy (non-hydrogen) atoms. The summed E-state index contributed by atoms with van der Waals surface area (Å²) in [4.78, 5) is 0. The van der Waals surface area contributed by atoms with Crippen LogP contribution >= 0.6 is 15.9 Å². The quantitative estimate of drug-likeness (QED) is 0.724. The first kappa shape index (κ1) is 15.6. The topological polar surface area (TPSA) is 78.6 Å². The average Bonchev–Trinajstić information content (AvgIpc) is 2.28. The lowest BCUT2D eigenvalue weighted by Gasteiger charge is -2.06. The smallest absolute Gasteiger partial charge is 0.211 e. The van der Waals surface area contributed by atoms with Gasteiger partial charge in [0.1, 0.15) is 0 Å². The van der Waals surface area contributed by atoms with E-state index in [0.717, 1.165) is 10.0 Å². The second-order valence-electron chi connectivity index (χ2n) is 3.62. The summed E-state index contributed by atoms with van der Waals surface area (Å²) in [7, 11) is -3.44. The molecule has 0 unspecified atom stereocenters. The molecule has 0 amide bonds. The Labute approximate surface area is 115 Å². The molecule has 5 nitrogen and oxygen atoms in total. The minimum atomic E-state index is -3.44. The molecule has 0 fully saturated rings. The van der Waals surface area contributed by atoms with Gasteiger partial charge in [-0.05, 0) is 11.6 Å². The van der Waals surface area contributed by atoms with Crippen LogP contribution in [0.15, 0.2) is 28.7 Å². The molecule has 7 heteroatoms. The van der Waals surface area contributed by atoms with Crippen molar-refractivity contribution in [3.05, 3.63) is 34.3 Å². The van der Waals surface area contributed by atoms with Gasteiger partial charge in [-0.3, -0.25) is 0 Å². The second kappa shape index (κ2) is 7.85. The van der Waals surface area contributed by atoms with E-state index in [4.69, 9.17) is 14.6 Å². The molecule has 0 aliphatic carbocycles. The fraction of sp³-hybridized carbons (Fsp3) is 0.455. The third-order valence-electron chi connectivity index (χ3n) is 2.10. The highest BCUT2D eigenvalue weighted by Crippen LogP contribution is 2.16. The van der Waals surface area contributed by atoms with Crippen molar-refractivity contribution < 1.29 is 17.9 Å². The number of sulfonamides is 1. The zero-order valence-corrected chi connectivity index (χ0v) is 12.2. The third kappa shape index (κ3) is 7.07. The monoisotopic (exact) mass is 337 g/mol. The summed E-state index contributed by atoms with van der Waals surface area (Å²) in [6.45, 7) is 1.34. The van der Waals surface area contributed by atoms with Crippen molar-refractivity contribution in [2.24, 2.45) is 5.14 Å². The highest BCUT2D eigenvalue weighted by Gasteiger charge is 2.02. The molecule has 0 atom stereocenters. The van der Waals surface area contributed by atoms with Crippen molar-refractivity contribution in [1.29, 1.82) is 0 Å². The number of ether oxygens (including phenoxy) is 2. The fourth-order valence-electron chi connectivity index (χ4n) is 1.19. The summed E-state index contributed by atoms with van der Waals surface area (Å²) in [5, 5.41) is 4.82. The second-order valence-corrected chi connectivity index (χ2v) is 6.21. The normalized spacial score (nSPS) is 11.7. The van der Waals surface area contributed by atoms with Crippen molar-refractivity contribution in [1.82, 2.24) is 0 Å². The van der Waals surface area contributed by atoms with Gasteiger partial charge in [-0.25, -0.2) is 13.6 Å². The van der Waals surface area contributed by atoms with Crippen LogP contribution in [0.1, 0.15) is 5.56 Å². The van der Waals surface area contributed by atoms with Crippen LogP contribution in [0.5, 0.6) is 0 Å². The van der Waals surface area contributed by atoms with Gasteiger partial charge in [0, 0.05) is 4.47 Å². The van der Waals surface area contributed by atoms with E-state index in [1.54, 1.807) is 0 Å². The summed E-state index contributed by atoms with van der Waals surface area (Å²) < 4.78 is 32.7. The maximum absolute atomic E-state index is 10.6. The average molecular weight is 338 g/mol. The Morgan fingerprint density at radius 1 is 1.11 bits per heavy atom. The maximum Gasteiger partial charge on any atom is 0.211 e. The van der Waals surface area contributed by atoms with Crippen molar-refractivity contribution in [3.8, 4) is 0 Å². The van der Waals surface area contributed by atoms with E-state index in [1.165, 1.54) is 0 Å². The molecule has 0 heterocycles. The van der Waals surface area contributed by atoms with Gasteiger partial charge in [0.15, 0.2) is 0 Å². The summed E-state index contributed by atoms with van der Waals surface area (Å²) >= 11 is 3.42. The minimum Gasteiger partial charge on any atom is -0.378 e. The van der Waals surface area contributed by atoms with E-state index < -0.39 is 10.0 Å². The predicted molar refractivity (Wildman–Crippen MR) is 72.6 cm³/mol. The molecule has 1 rings (SSSR count). The molecule has 0 aromatic heterocycles. The number of hydrogen-bond donors (Lipinski definition) is 1. The molecule has 1 aromatic carbocycles. The first-order valence-corrected chi connectivity index (χ1v) is 7.89. The first-order valence-electron chi connectivity index (χ1n) is 5.38. The van der Waals surface area contributed by atoms with Gasteiger partial charge < -0.3 is 9.47 Å². The summed E-state index contributed by atoms with van der Waals surface area (Å²) in [5.41, 5.74) is 1.06. The zero-order chi connectivity index (χ0) is 13.4. The highest BCUT2D eigenvalue weighted by molar-refractivity contribution is 9.10. The zero-order valence-electron chi connectivity index (χ0n) is 9.84. The molecule has 0 saturated carbocycles. The SMILES string of the molecule is NS(=O)(=O)CCOCCOCc1ccccc1Br. The summed E-state index contributed by atoms with van der Waals surface area (Å²) in [5.74, 6) is -0.169. The fourth-order valence-corrected chi connectivity index (χ4v) is 1.94. The lowest BCUT2D eigenvalue weighted by atomic mass is 10.2. The summed E-state index contributed by atoms with van der Waals surface area (Å²) in [6, 6.07) is 7.78. The molecule has 0 aliphatic heterocycles. The molecule has 0 radical (unpaired) electrons. The van der Waals surface area contributed by atoms with Crippen LogP contribution < -0.4 is 5.14 Å². The van der Waals surface area contributed by atoms with Gasteiger partial charge in [-0.2, -0.15) is 0 Å². The van der Waals surface area contributed by atoms with Crippen LogP contribution in [-0.2, 0) is 26.1 Å². The lowest BCUT2D eigenvalue weighted by Crippen LogP contribution is -2.21. The number of nitrogens with two attached hydrogens (primary N) is 1. The number of rotatable bonds is 8. The maximum atomic E-state index is 10.6. The van der Waals surface area contributed by atoms with Gasteiger partial charge >= 0.3 is 0 Å². The van der Waals surface area contributed by atoms with E-state index in [2.05, 4.69) is 15.9 Å². The van der Waals surface area contributed by atoms with Crippen molar-refractivity contribution >= 4 is 26.0 Å². The van der Waals surface area contributed by atoms with Crippen molar-refractivity contribution in [3.63, 3.8) is 0 Å². The van der Waals surface area contributed by atoms with Gasteiger partial charge in [0.2, 0.25) is 10.0 Å². The number of primary sulfonamides is 1. The minimum absolute atomic E-state index is 0.0945. The van der Waals surface area contributed by atoms with Gasteiger partial charge in [-0.1, -0.05) is 34.1 Å². The van der Waals surface area contributed by atoms with E-state index in [0.29, 0.717) is 19.8 Å². The predicted octanol–water partition coefficient (Wildman–Crippen LogP) is 1.27. The van der Waals surface area contributed by atoms with E-state index >= 15 is 0 Å². The Hall–Kier alpha value is -0.470. The van der Waals surface area contributed by atoms with E-state index in [-0.39, 0.29) is 12.4 Å². The van der Waals surface area contributed by atoms with E-state index in [9.17, 15) is 8.42 Å². The van der Waals surface area contributed by atoms with Crippen molar-refractivity contribution in [2.45, 2.75) is 6.61 Å². The first-order chi connectivity index (χ1) is 8.49. The number of halogens is 1. The number of benzene rings is 1. The Morgan fingerprint density at radius 2 is 1.78 bits per heavy atom. The van der Waals surface area contributed by atoms with Crippen LogP contribution in [0.2, 0.25) is 0 Å². The molecule has 2 N–H and O–H groups in total. The van der Waals surface area contributed by atoms with Gasteiger partial charge in [0.05, 0.1) is 32.2 Å². The summed E-state index contributed by atoms with van der Waals surface area (Å²) in [6.07, 6.45) is 0. The Balaban J connectivity index is 2.08. The van der Waals surface area contributed by atoms with Gasteiger partial charge in [0.25, 0.3) is 0 Å². The van der Waals surface area contributed by atoms with Gasteiger partial charge in [-0.15, -0.1) is 0 Å². The molecule has 1 aromatic rings. The molecular formula is C11H16BrNO4S. The highest BCUT2D eigenvalue weighted by atomic mass is 79.9. The van der Waals surface area contributed by atoms with Crippen LogP contribution in [0.25, 0.3) is 0 Å². The van der Waals surface area contributed by atoms with Crippen LogP contribution in [0, 0.1) is 0 Å². The third-order valence-corrected chi connectivity index (χ3v) is 3.61. The van der Waals surface area contributed by atoms with Crippen LogP contribution in [0.3, 0.4) is 0 Å². The molecule has 102 valence electrons. The number of hydrogen-bond acceptors (Lipinski definition) is 4. The van der Waals surface area contributed by atoms with Crippen molar-refractivity contribution in [2.75, 3.05) is 25.6 Å². The largest absolute Gasteiger partial charge is 0.378 e. The molecular weight excluding hydrogens is 322 g/mol. The Kier molecular flexibility index (Phi) is 6.80. The Morgan fingerprint density at radius 3 is 2.44 bits per heavy atom. The van der Waals surface area contributed by atoms with E-state index in [1.807, 2.05) is 24.3 Å².